The van der Waals surface area contributed by atoms with E-state index in [0.29, 0.717) is 17.1 Å². The number of hydrogen-bond donors (Lipinski definition) is 0. The van der Waals surface area contributed by atoms with Crippen LogP contribution in [0.2, 0.25) is 0 Å². The predicted octanol–water partition coefficient (Wildman–Crippen LogP) is 4.40. The average molecular weight is 388 g/mol. The van der Waals surface area contributed by atoms with E-state index in [9.17, 15) is 10.1 Å². The lowest BCUT2D eigenvalue weighted by Crippen LogP contribution is -1.88. The maximum atomic E-state index is 10.7. The van der Waals surface area contributed by atoms with Gasteiger partial charge in [0.2, 0.25) is 5.89 Å². The minimum Gasteiger partial charge on any atom is -0.497 e. The fourth-order valence-electron chi connectivity index (χ4n) is 2.28. The number of non-ortho nitro benzene ring substituents is 1. The van der Waals surface area contributed by atoms with E-state index in [-0.39, 0.29) is 22.5 Å². The Morgan fingerprint density at radius 1 is 1.11 bits per heavy atom. The van der Waals surface area contributed by atoms with Crippen molar-refractivity contribution in [3.05, 3.63) is 64.0 Å². The first-order chi connectivity index (χ1) is 13.0. The zero-order valence-electron chi connectivity index (χ0n) is 14.4. The summed E-state index contributed by atoms with van der Waals surface area (Å²) in [6.45, 7) is 0. The summed E-state index contributed by atoms with van der Waals surface area (Å²) in [5.74, 6) is 1.55. The minimum absolute atomic E-state index is 0.0246. The smallest absolute Gasteiger partial charge is 0.269 e. The molecule has 0 saturated carbocycles. The van der Waals surface area contributed by atoms with Crippen molar-refractivity contribution >= 4 is 28.4 Å². The molecule has 27 heavy (non-hydrogen) atoms. The molecule has 0 saturated heterocycles. The standard InChI is InChI=1S/C18H14ClN3O5/c1-25-14-7-11(8-15(10-14)26-2)9-16(19)18-21-20-17(27-18)12-3-5-13(6-4-12)22(23)24/h3-10H,1-2H3/b16-9-. The number of nitro groups is 1. The Morgan fingerprint density at radius 3 is 2.30 bits per heavy atom. The maximum absolute atomic E-state index is 10.7. The number of benzene rings is 2. The van der Waals surface area contributed by atoms with Crippen LogP contribution in [-0.2, 0) is 0 Å². The maximum Gasteiger partial charge on any atom is 0.269 e. The van der Waals surface area contributed by atoms with E-state index >= 15 is 0 Å². The molecule has 138 valence electrons. The normalized spacial score (nSPS) is 11.3. The van der Waals surface area contributed by atoms with Gasteiger partial charge in [0.1, 0.15) is 16.5 Å². The molecule has 0 amide bonds. The molecule has 0 unspecified atom stereocenters. The molecule has 3 aromatic rings. The Morgan fingerprint density at radius 2 is 1.74 bits per heavy atom. The Labute approximate surface area is 159 Å². The fourth-order valence-corrected chi connectivity index (χ4v) is 2.49. The van der Waals surface area contributed by atoms with Crippen molar-refractivity contribution in [1.29, 1.82) is 0 Å². The Hall–Kier alpha value is -3.39. The highest BCUT2D eigenvalue weighted by Crippen LogP contribution is 2.29. The number of rotatable bonds is 6. The van der Waals surface area contributed by atoms with Crippen molar-refractivity contribution in [2.75, 3.05) is 14.2 Å². The minimum atomic E-state index is -0.481. The predicted molar refractivity (Wildman–Crippen MR) is 99.7 cm³/mol. The monoisotopic (exact) mass is 387 g/mol. The number of aromatic nitrogens is 2. The Bertz CT molecular complexity index is 976. The molecule has 0 aliphatic carbocycles. The number of ether oxygens (including phenoxy) is 2. The van der Waals surface area contributed by atoms with Gasteiger partial charge in [0.05, 0.1) is 19.1 Å². The number of nitro benzene ring substituents is 1. The van der Waals surface area contributed by atoms with E-state index in [1.54, 1.807) is 38.5 Å². The molecule has 0 aliphatic heterocycles. The molecule has 0 fully saturated rings. The van der Waals surface area contributed by atoms with Crippen molar-refractivity contribution in [2.24, 2.45) is 0 Å². The summed E-state index contributed by atoms with van der Waals surface area (Å²) < 4.78 is 16.0. The lowest BCUT2D eigenvalue weighted by atomic mass is 10.2. The van der Waals surface area contributed by atoms with Gasteiger partial charge in [-0.3, -0.25) is 10.1 Å². The van der Waals surface area contributed by atoms with Gasteiger partial charge < -0.3 is 13.9 Å². The van der Waals surface area contributed by atoms with Gasteiger partial charge in [-0.05, 0) is 35.9 Å². The van der Waals surface area contributed by atoms with Gasteiger partial charge in [0.25, 0.3) is 11.6 Å². The highest BCUT2D eigenvalue weighted by atomic mass is 35.5. The number of hydrogen-bond acceptors (Lipinski definition) is 7. The highest BCUT2D eigenvalue weighted by Gasteiger charge is 2.13. The first-order valence-electron chi connectivity index (χ1n) is 7.69. The van der Waals surface area contributed by atoms with Crippen LogP contribution in [-0.4, -0.2) is 29.3 Å². The zero-order chi connectivity index (χ0) is 19.4. The summed E-state index contributed by atoms with van der Waals surface area (Å²) in [6, 6.07) is 11.1. The second-order valence-corrected chi connectivity index (χ2v) is 5.76. The largest absolute Gasteiger partial charge is 0.497 e. The molecule has 0 N–H and O–H groups in total. The highest BCUT2D eigenvalue weighted by molar-refractivity contribution is 6.50. The quantitative estimate of drug-likeness (QED) is 0.456. The van der Waals surface area contributed by atoms with E-state index in [4.69, 9.17) is 25.5 Å². The molecule has 9 heteroatoms. The second kappa shape index (κ2) is 7.88. The van der Waals surface area contributed by atoms with Gasteiger partial charge in [-0.2, -0.15) is 0 Å². The van der Waals surface area contributed by atoms with Crippen LogP contribution >= 0.6 is 11.6 Å². The van der Waals surface area contributed by atoms with Crippen molar-refractivity contribution < 1.29 is 18.8 Å². The van der Waals surface area contributed by atoms with Crippen LogP contribution < -0.4 is 9.47 Å². The Balaban J connectivity index is 1.87. The van der Waals surface area contributed by atoms with Crippen LogP contribution in [0.4, 0.5) is 5.69 Å². The SMILES string of the molecule is COc1cc(/C=C(\Cl)c2nnc(-c3ccc([N+](=O)[O-])cc3)o2)cc(OC)c1. The summed E-state index contributed by atoms with van der Waals surface area (Å²) in [4.78, 5) is 10.2. The summed E-state index contributed by atoms with van der Waals surface area (Å²) in [5, 5.41) is 18.8. The molecular formula is C18H14ClN3O5. The summed E-state index contributed by atoms with van der Waals surface area (Å²) in [6.07, 6.45) is 1.64. The molecular weight excluding hydrogens is 374 g/mol. The van der Waals surface area contributed by atoms with Gasteiger partial charge in [-0.15, -0.1) is 10.2 Å². The molecule has 2 aromatic carbocycles. The average Bonchev–Trinajstić information content (AvgIpc) is 3.18. The number of methoxy groups -OCH3 is 2. The first kappa shape index (κ1) is 18.4. The van der Waals surface area contributed by atoms with Gasteiger partial charge in [0, 0.05) is 23.8 Å². The molecule has 0 aliphatic rings. The molecule has 3 rings (SSSR count). The molecule has 1 aromatic heterocycles. The molecule has 0 spiro atoms. The van der Waals surface area contributed by atoms with E-state index in [0.717, 1.165) is 5.56 Å². The van der Waals surface area contributed by atoms with E-state index in [2.05, 4.69) is 10.2 Å². The van der Waals surface area contributed by atoms with Crippen LogP contribution in [0.1, 0.15) is 11.5 Å². The zero-order valence-corrected chi connectivity index (χ0v) is 15.1. The van der Waals surface area contributed by atoms with Crippen molar-refractivity contribution in [3.8, 4) is 23.0 Å². The van der Waals surface area contributed by atoms with Crippen molar-refractivity contribution in [1.82, 2.24) is 10.2 Å². The molecule has 0 bridgehead atoms. The fraction of sp³-hybridized carbons (Fsp3) is 0.111. The Kier molecular flexibility index (Phi) is 5.37. The molecule has 1 heterocycles. The van der Waals surface area contributed by atoms with Crippen LogP contribution in [0, 0.1) is 10.1 Å². The number of nitrogens with zero attached hydrogens (tertiary/aromatic N) is 3. The third-order valence-electron chi connectivity index (χ3n) is 3.62. The third-order valence-corrected chi connectivity index (χ3v) is 3.89. The van der Waals surface area contributed by atoms with Gasteiger partial charge in [-0.25, -0.2) is 0 Å². The number of halogens is 1. The van der Waals surface area contributed by atoms with Gasteiger partial charge in [0.15, 0.2) is 0 Å². The van der Waals surface area contributed by atoms with Crippen LogP contribution in [0.25, 0.3) is 22.6 Å². The van der Waals surface area contributed by atoms with Gasteiger partial charge >= 0.3 is 0 Å². The first-order valence-corrected chi connectivity index (χ1v) is 8.07. The molecule has 0 atom stereocenters. The van der Waals surface area contributed by atoms with Crippen LogP contribution in [0.5, 0.6) is 11.5 Å². The summed E-state index contributed by atoms with van der Waals surface area (Å²) in [7, 11) is 3.11. The van der Waals surface area contributed by atoms with Gasteiger partial charge in [-0.1, -0.05) is 11.6 Å². The summed E-state index contributed by atoms with van der Waals surface area (Å²) >= 11 is 6.29. The second-order valence-electron chi connectivity index (χ2n) is 5.35. The van der Waals surface area contributed by atoms with Crippen molar-refractivity contribution in [3.63, 3.8) is 0 Å². The third kappa shape index (κ3) is 4.24. The van der Waals surface area contributed by atoms with E-state index in [1.807, 2.05) is 0 Å². The molecule has 0 radical (unpaired) electrons. The lowest BCUT2D eigenvalue weighted by molar-refractivity contribution is -0.384. The van der Waals surface area contributed by atoms with Crippen LogP contribution in [0.15, 0.2) is 46.9 Å². The summed E-state index contributed by atoms with van der Waals surface area (Å²) in [5.41, 5.74) is 1.25. The lowest BCUT2D eigenvalue weighted by Gasteiger charge is -2.06. The van der Waals surface area contributed by atoms with E-state index < -0.39 is 4.92 Å². The van der Waals surface area contributed by atoms with Crippen LogP contribution in [0.3, 0.4) is 0 Å². The topological polar surface area (TPSA) is 101 Å². The van der Waals surface area contributed by atoms with E-state index in [1.165, 1.54) is 24.3 Å². The van der Waals surface area contributed by atoms with Crippen molar-refractivity contribution in [2.45, 2.75) is 0 Å². The molecule has 8 nitrogen and oxygen atoms in total.